The Balaban J connectivity index is 1.72. The average molecular weight is 404 g/mol. The second kappa shape index (κ2) is 8.47. The molecule has 0 bridgehead atoms. The van der Waals surface area contributed by atoms with Crippen LogP contribution in [0.25, 0.3) is 0 Å². The molecule has 2 aromatic rings. The molecule has 1 fully saturated rings. The smallest absolute Gasteiger partial charge is 0.277 e. The van der Waals surface area contributed by atoms with Gasteiger partial charge in [-0.05, 0) is 17.7 Å². The van der Waals surface area contributed by atoms with Crippen LogP contribution in [0, 0.1) is 0 Å². The number of benzene rings is 1. The summed E-state index contributed by atoms with van der Waals surface area (Å²) in [5.41, 5.74) is 0.782. The summed E-state index contributed by atoms with van der Waals surface area (Å²) in [5, 5.41) is 0. The Hall–Kier alpha value is -2.48. The van der Waals surface area contributed by atoms with Gasteiger partial charge >= 0.3 is 17.8 Å². The van der Waals surface area contributed by atoms with E-state index in [4.69, 9.17) is 11.6 Å². The predicted octanol–water partition coefficient (Wildman–Crippen LogP) is 3.34. The van der Waals surface area contributed by atoms with Crippen LogP contribution in [0.5, 0.6) is 0 Å². The van der Waals surface area contributed by atoms with Crippen LogP contribution >= 0.6 is 22.9 Å². The van der Waals surface area contributed by atoms with E-state index in [0.29, 0.717) is 17.4 Å². The molecule has 8 heteroatoms. The Morgan fingerprint density at radius 3 is 2.37 bits per heavy atom. The minimum absolute atomic E-state index is 0.0102. The fourth-order valence-corrected chi connectivity index (χ4v) is 3.92. The van der Waals surface area contributed by atoms with Crippen molar-refractivity contribution >= 4 is 40.8 Å². The van der Waals surface area contributed by atoms with Gasteiger partial charge < -0.3 is 0 Å². The molecule has 0 aliphatic carbocycles. The topological polar surface area (TPSA) is 60.9 Å². The van der Waals surface area contributed by atoms with Crippen LogP contribution in [0.4, 0.5) is 4.79 Å². The molecule has 0 saturated carbocycles. The summed E-state index contributed by atoms with van der Waals surface area (Å²) in [6.45, 7) is 4.75. The maximum atomic E-state index is 12.7. The first-order valence-electron chi connectivity index (χ1n) is 8.28. The molecule has 6 nitrogen and oxygen atoms in total. The Labute approximate surface area is 166 Å². The van der Waals surface area contributed by atoms with E-state index in [0.717, 1.165) is 20.2 Å². The largest absolute Gasteiger partial charge is 0.335 e. The number of halogens is 1. The highest BCUT2D eigenvalue weighted by Crippen LogP contribution is 2.23. The summed E-state index contributed by atoms with van der Waals surface area (Å²) < 4.78 is 0.668. The summed E-state index contributed by atoms with van der Waals surface area (Å²) >= 11 is 7.39. The van der Waals surface area contributed by atoms with Crippen LogP contribution in [-0.4, -0.2) is 45.8 Å². The number of hydrogen-bond donors (Lipinski definition) is 0. The molecule has 0 unspecified atom stereocenters. The molecule has 1 aliphatic heterocycles. The SMILES string of the molecule is C=CCN(Cc1ccc(Cl)s1)CN1C(=O)C(=O)N(Cc2ccccc2)C1=O. The quantitative estimate of drug-likeness (QED) is 0.385. The highest BCUT2D eigenvalue weighted by molar-refractivity contribution is 7.16. The highest BCUT2D eigenvalue weighted by Gasteiger charge is 2.44. The van der Waals surface area contributed by atoms with Gasteiger partial charge in [0.2, 0.25) is 0 Å². The third kappa shape index (κ3) is 4.44. The minimum Gasteiger partial charge on any atom is -0.277 e. The van der Waals surface area contributed by atoms with E-state index in [1.54, 1.807) is 24.3 Å². The lowest BCUT2D eigenvalue weighted by Gasteiger charge is -2.24. The third-order valence-electron chi connectivity index (χ3n) is 4.06. The monoisotopic (exact) mass is 403 g/mol. The number of carbonyl (C=O) groups is 3. The molecule has 3 rings (SSSR count). The Kier molecular flexibility index (Phi) is 6.05. The van der Waals surface area contributed by atoms with Crippen LogP contribution < -0.4 is 0 Å². The second-order valence-electron chi connectivity index (χ2n) is 6.04. The van der Waals surface area contributed by atoms with Crippen LogP contribution in [0.1, 0.15) is 10.4 Å². The number of hydrogen-bond acceptors (Lipinski definition) is 5. The van der Waals surface area contributed by atoms with E-state index >= 15 is 0 Å². The fraction of sp³-hybridized carbons (Fsp3) is 0.211. The van der Waals surface area contributed by atoms with Crippen molar-refractivity contribution in [3.63, 3.8) is 0 Å². The molecule has 1 aromatic heterocycles. The number of thiophene rings is 1. The van der Waals surface area contributed by atoms with Crippen molar-refractivity contribution in [2.24, 2.45) is 0 Å². The van der Waals surface area contributed by atoms with Crippen LogP contribution in [0.3, 0.4) is 0 Å². The molecule has 2 heterocycles. The van der Waals surface area contributed by atoms with E-state index in [1.165, 1.54) is 11.3 Å². The predicted molar refractivity (Wildman–Crippen MR) is 104 cm³/mol. The number of urea groups is 1. The zero-order valence-corrected chi connectivity index (χ0v) is 16.1. The first-order chi connectivity index (χ1) is 13.0. The average Bonchev–Trinajstić information content (AvgIpc) is 3.15. The standard InChI is InChI=1S/C19H18ClN3O3S/c1-2-10-21(12-15-8-9-16(20)27-15)13-23-18(25)17(24)22(19(23)26)11-14-6-4-3-5-7-14/h2-9H,1,10-13H2. The van der Waals surface area contributed by atoms with E-state index < -0.39 is 17.8 Å². The van der Waals surface area contributed by atoms with E-state index in [2.05, 4.69) is 6.58 Å². The van der Waals surface area contributed by atoms with E-state index in [-0.39, 0.29) is 13.2 Å². The van der Waals surface area contributed by atoms with Crippen LogP contribution in [-0.2, 0) is 22.7 Å². The summed E-state index contributed by atoms with van der Waals surface area (Å²) in [4.78, 5) is 42.1. The van der Waals surface area contributed by atoms with Crippen LogP contribution in [0.15, 0.2) is 55.1 Å². The van der Waals surface area contributed by atoms with Gasteiger partial charge in [-0.25, -0.2) is 9.69 Å². The minimum atomic E-state index is -0.811. The molecule has 0 atom stereocenters. The second-order valence-corrected chi connectivity index (χ2v) is 7.84. The van der Waals surface area contributed by atoms with Crippen molar-refractivity contribution in [1.29, 1.82) is 0 Å². The van der Waals surface area contributed by atoms with Gasteiger partial charge in [-0.1, -0.05) is 48.0 Å². The van der Waals surface area contributed by atoms with Gasteiger partial charge in [0.25, 0.3) is 0 Å². The third-order valence-corrected chi connectivity index (χ3v) is 5.27. The molecule has 1 saturated heterocycles. The summed E-state index contributed by atoms with van der Waals surface area (Å²) in [5.74, 6) is -1.62. The van der Waals surface area contributed by atoms with Crippen molar-refractivity contribution in [3.8, 4) is 0 Å². The number of carbonyl (C=O) groups excluding carboxylic acids is 3. The zero-order chi connectivity index (χ0) is 19.4. The lowest BCUT2D eigenvalue weighted by molar-refractivity contribution is -0.144. The van der Waals surface area contributed by atoms with Gasteiger partial charge in [0.05, 0.1) is 17.5 Å². The molecule has 140 valence electrons. The molecular formula is C19H18ClN3O3S. The molecule has 4 amide bonds. The molecular weight excluding hydrogens is 386 g/mol. The Morgan fingerprint density at radius 1 is 1.04 bits per heavy atom. The molecule has 27 heavy (non-hydrogen) atoms. The lowest BCUT2D eigenvalue weighted by Crippen LogP contribution is -2.42. The number of nitrogens with zero attached hydrogens (tertiary/aromatic N) is 3. The van der Waals surface area contributed by atoms with Crippen molar-refractivity contribution in [2.75, 3.05) is 13.2 Å². The molecule has 1 aliphatic rings. The van der Waals surface area contributed by atoms with Crippen molar-refractivity contribution in [3.05, 3.63) is 69.9 Å². The van der Waals surface area contributed by atoms with E-state index in [9.17, 15) is 14.4 Å². The van der Waals surface area contributed by atoms with Crippen LogP contribution in [0.2, 0.25) is 4.34 Å². The Bertz CT molecular complexity index is 868. The van der Waals surface area contributed by atoms with Gasteiger partial charge in [-0.3, -0.25) is 19.4 Å². The zero-order valence-electron chi connectivity index (χ0n) is 14.5. The molecule has 1 aromatic carbocycles. The van der Waals surface area contributed by atoms with Crippen molar-refractivity contribution in [2.45, 2.75) is 13.1 Å². The first kappa shape index (κ1) is 19.3. The number of imide groups is 2. The van der Waals surface area contributed by atoms with Gasteiger partial charge in [0.1, 0.15) is 0 Å². The van der Waals surface area contributed by atoms with Gasteiger partial charge in [-0.15, -0.1) is 17.9 Å². The van der Waals surface area contributed by atoms with Crippen molar-refractivity contribution in [1.82, 2.24) is 14.7 Å². The number of amides is 4. The van der Waals surface area contributed by atoms with E-state index in [1.807, 2.05) is 29.2 Å². The molecule has 0 N–H and O–H groups in total. The van der Waals surface area contributed by atoms with Crippen molar-refractivity contribution < 1.29 is 14.4 Å². The maximum absolute atomic E-state index is 12.7. The summed E-state index contributed by atoms with van der Waals surface area (Å²) in [6, 6.07) is 12.2. The van der Waals surface area contributed by atoms with Gasteiger partial charge in [-0.2, -0.15) is 0 Å². The maximum Gasteiger partial charge on any atom is 0.335 e. The fourth-order valence-electron chi connectivity index (χ4n) is 2.79. The van der Waals surface area contributed by atoms with Gasteiger partial charge in [0, 0.05) is 18.0 Å². The summed E-state index contributed by atoms with van der Waals surface area (Å²) in [6.07, 6.45) is 1.68. The normalized spacial score (nSPS) is 14.5. The number of rotatable bonds is 8. The van der Waals surface area contributed by atoms with Gasteiger partial charge in [0.15, 0.2) is 0 Å². The Morgan fingerprint density at radius 2 is 1.74 bits per heavy atom. The highest BCUT2D eigenvalue weighted by atomic mass is 35.5. The lowest BCUT2D eigenvalue weighted by atomic mass is 10.2. The molecule has 0 spiro atoms. The first-order valence-corrected chi connectivity index (χ1v) is 9.47. The summed E-state index contributed by atoms with van der Waals surface area (Å²) in [7, 11) is 0. The molecule has 0 radical (unpaired) electrons.